The fraction of sp³-hybridized carbons (Fsp3) is 0.667. The second kappa shape index (κ2) is 6.00. The number of aliphatic hydroxyl groups excluding tert-OH is 1. The summed E-state index contributed by atoms with van der Waals surface area (Å²) in [6.45, 7) is 3.40. The second-order valence-electron chi connectivity index (χ2n) is 3.08. The molecule has 4 heteroatoms. The first-order valence-electron chi connectivity index (χ1n) is 4.38. The number of unbranched alkanes of at least 4 members (excludes halogenated alkanes) is 1. The number of imidazole rings is 1. The summed E-state index contributed by atoms with van der Waals surface area (Å²) in [5, 5.41) is 8.60. The number of hydrogen-bond donors (Lipinski definition) is 1. The summed E-state index contributed by atoms with van der Waals surface area (Å²) in [6, 6.07) is 0. The molecule has 0 fully saturated rings. The van der Waals surface area contributed by atoms with Gasteiger partial charge in [-0.25, -0.2) is 9.13 Å². The van der Waals surface area contributed by atoms with Gasteiger partial charge in [-0.1, -0.05) is 0 Å². The fourth-order valence-electron chi connectivity index (χ4n) is 1.23. The van der Waals surface area contributed by atoms with Crippen LogP contribution in [0.2, 0.25) is 0 Å². The molecule has 3 nitrogen and oxygen atoms in total. The maximum atomic E-state index is 8.60. The van der Waals surface area contributed by atoms with Crippen LogP contribution in [0.4, 0.5) is 0 Å². The third kappa shape index (κ3) is 3.36. The smallest absolute Gasteiger partial charge is 0.253 e. The van der Waals surface area contributed by atoms with Crippen LogP contribution in [0.3, 0.4) is 0 Å². The van der Waals surface area contributed by atoms with Crippen molar-refractivity contribution >= 4 is 0 Å². The van der Waals surface area contributed by atoms with Crippen molar-refractivity contribution in [1.29, 1.82) is 0 Å². The van der Waals surface area contributed by atoms with Gasteiger partial charge < -0.3 is 17.5 Å². The number of hydrogen-bond acceptors (Lipinski definition) is 1. The van der Waals surface area contributed by atoms with Gasteiger partial charge in [0.15, 0.2) is 0 Å². The van der Waals surface area contributed by atoms with E-state index in [1.807, 2.05) is 13.2 Å². The molecule has 0 radical (unpaired) electrons. The molecule has 0 saturated heterocycles. The van der Waals surface area contributed by atoms with E-state index >= 15 is 0 Å². The predicted molar refractivity (Wildman–Crippen MR) is 46.7 cm³/mol. The molecule has 0 aliphatic carbocycles. The summed E-state index contributed by atoms with van der Waals surface area (Å²) in [7, 11) is 2.04. The summed E-state index contributed by atoms with van der Waals surface area (Å²) >= 11 is 0. The van der Waals surface area contributed by atoms with Gasteiger partial charge in [0.1, 0.15) is 12.4 Å². The van der Waals surface area contributed by atoms with Crippen LogP contribution in [-0.2, 0) is 13.6 Å². The van der Waals surface area contributed by atoms with Gasteiger partial charge in [-0.2, -0.15) is 0 Å². The number of nitrogens with zero attached hydrogens (tertiary/aromatic N) is 2. The maximum Gasteiger partial charge on any atom is 0.253 e. The molecule has 1 aromatic heterocycles. The Bertz CT molecular complexity index is 248. The molecule has 0 unspecified atom stereocenters. The minimum absolute atomic E-state index is 0. The van der Waals surface area contributed by atoms with Gasteiger partial charge in [0.05, 0.1) is 13.6 Å². The van der Waals surface area contributed by atoms with Gasteiger partial charge in [-0.05, 0) is 12.8 Å². The van der Waals surface area contributed by atoms with Crippen molar-refractivity contribution in [2.24, 2.45) is 7.05 Å². The van der Waals surface area contributed by atoms with Crippen LogP contribution in [0.25, 0.3) is 0 Å². The molecule has 0 amide bonds. The summed E-state index contributed by atoms with van der Waals surface area (Å²) < 4.78 is 4.30. The Morgan fingerprint density at radius 2 is 2.15 bits per heavy atom. The standard InChI is InChI=1S/C9H17N2O.ClH/c1-9-10(2)6-7-11(9)5-3-4-8-12;/h6-7,12H,3-5,8H2,1-2H3;1H/q+1;/p-1. The average Bonchev–Trinajstić information content (AvgIpc) is 2.36. The lowest BCUT2D eigenvalue weighted by Gasteiger charge is -1.97. The zero-order valence-electron chi connectivity index (χ0n) is 8.20. The molecule has 1 N–H and O–H groups in total. The number of halogens is 1. The van der Waals surface area contributed by atoms with Crippen LogP contribution in [-0.4, -0.2) is 16.3 Å². The van der Waals surface area contributed by atoms with E-state index in [-0.39, 0.29) is 12.4 Å². The Morgan fingerprint density at radius 1 is 1.46 bits per heavy atom. The summed E-state index contributed by atoms with van der Waals surface area (Å²) in [5.41, 5.74) is 0. The molecule has 1 aromatic rings. The SMILES string of the molecule is Cc1n(CCCCO)cc[n+]1C.[Cl-]. The van der Waals surface area contributed by atoms with Gasteiger partial charge in [-0.15, -0.1) is 0 Å². The first-order valence-corrected chi connectivity index (χ1v) is 4.38. The largest absolute Gasteiger partial charge is 1.00 e. The second-order valence-corrected chi connectivity index (χ2v) is 3.08. The van der Waals surface area contributed by atoms with Crippen molar-refractivity contribution in [2.75, 3.05) is 6.61 Å². The quantitative estimate of drug-likeness (QED) is 0.423. The Morgan fingerprint density at radius 3 is 2.62 bits per heavy atom. The van der Waals surface area contributed by atoms with Crippen molar-refractivity contribution in [3.05, 3.63) is 18.2 Å². The summed E-state index contributed by atoms with van der Waals surface area (Å²) in [5.74, 6) is 1.26. The van der Waals surface area contributed by atoms with Crippen LogP contribution < -0.4 is 17.0 Å². The molecule has 0 saturated carbocycles. The highest BCUT2D eigenvalue weighted by Gasteiger charge is 2.06. The lowest BCUT2D eigenvalue weighted by atomic mass is 10.3. The van der Waals surface area contributed by atoms with Gasteiger partial charge in [-0.3, -0.25) is 0 Å². The number of aromatic nitrogens is 2. The maximum absolute atomic E-state index is 8.60. The first-order chi connectivity index (χ1) is 5.75. The molecule has 0 atom stereocenters. The van der Waals surface area contributed by atoms with Gasteiger partial charge in [0, 0.05) is 13.5 Å². The van der Waals surface area contributed by atoms with E-state index in [0.29, 0.717) is 6.61 Å². The molecule has 0 bridgehead atoms. The van der Waals surface area contributed by atoms with Crippen LogP contribution >= 0.6 is 0 Å². The predicted octanol–water partition coefficient (Wildman–Crippen LogP) is -2.60. The summed E-state index contributed by atoms with van der Waals surface area (Å²) in [6.07, 6.45) is 6.06. The van der Waals surface area contributed by atoms with E-state index in [9.17, 15) is 0 Å². The van der Waals surface area contributed by atoms with Crippen LogP contribution in [0.1, 0.15) is 18.7 Å². The highest BCUT2D eigenvalue weighted by Crippen LogP contribution is 1.97. The molecule has 13 heavy (non-hydrogen) atoms. The minimum atomic E-state index is 0. The third-order valence-corrected chi connectivity index (χ3v) is 2.20. The van der Waals surface area contributed by atoms with Crippen molar-refractivity contribution in [1.82, 2.24) is 4.57 Å². The molecule has 1 rings (SSSR count). The molecule has 0 spiro atoms. The lowest BCUT2D eigenvalue weighted by molar-refractivity contribution is -0.677. The molecule has 1 heterocycles. The molecule has 0 aliphatic heterocycles. The van der Waals surface area contributed by atoms with E-state index in [0.717, 1.165) is 19.4 Å². The van der Waals surface area contributed by atoms with E-state index in [1.165, 1.54) is 5.82 Å². The van der Waals surface area contributed by atoms with E-state index in [1.54, 1.807) is 0 Å². The average molecular weight is 205 g/mol. The van der Waals surface area contributed by atoms with Gasteiger partial charge >= 0.3 is 0 Å². The van der Waals surface area contributed by atoms with E-state index < -0.39 is 0 Å². The third-order valence-electron chi connectivity index (χ3n) is 2.20. The Hall–Kier alpha value is -0.540. The topological polar surface area (TPSA) is 29.0 Å². The number of aryl methyl sites for hydroxylation is 2. The van der Waals surface area contributed by atoms with Crippen LogP contribution in [0.15, 0.2) is 12.4 Å². The van der Waals surface area contributed by atoms with Gasteiger partial charge in [0.2, 0.25) is 0 Å². The lowest BCUT2D eigenvalue weighted by Crippen LogP contribution is -3.00. The summed E-state index contributed by atoms with van der Waals surface area (Å²) in [4.78, 5) is 0. The molecular weight excluding hydrogens is 188 g/mol. The highest BCUT2D eigenvalue weighted by molar-refractivity contribution is 4.78. The Balaban J connectivity index is 0.00000144. The Kier molecular flexibility index (Phi) is 5.75. The number of rotatable bonds is 4. The Labute approximate surface area is 85.4 Å². The van der Waals surface area contributed by atoms with E-state index in [2.05, 4.69) is 22.3 Å². The first kappa shape index (κ1) is 12.5. The van der Waals surface area contributed by atoms with Crippen molar-refractivity contribution < 1.29 is 22.1 Å². The monoisotopic (exact) mass is 204 g/mol. The van der Waals surface area contributed by atoms with Crippen LogP contribution in [0.5, 0.6) is 0 Å². The van der Waals surface area contributed by atoms with Crippen LogP contribution in [0, 0.1) is 6.92 Å². The van der Waals surface area contributed by atoms with Crippen molar-refractivity contribution in [3.63, 3.8) is 0 Å². The van der Waals surface area contributed by atoms with Gasteiger partial charge in [0.25, 0.3) is 5.82 Å². The zero-order chi connectivity index (χ0) is 8.97. The molecular formula is C9H17ClN2O. The minimum Gasteiger partial charge on any atom is -1.00 e. The molecule has 0 aliphatic rings. The van der Waals surface area contributed by atoms with E-state index in [4.69, 9.17) is 5.11 Å². The normalized spacial score (nSPS) is 9.77. The number of aliphatic hydroxyl groups is 1. The molecule has 76 valence electrons. The van der Waals surface area contributed by atoms with Crippen molar-refractivity contribution in [3.8, 4) is 0 Å². The van der Waals surface area contributed by atoms with Crippen molar-refractivity contribution in [2.45, 2.75) is 26.3 Å². The zero-order valence-corrected chi connectivity index (χ0v) is 8.96. The fourth-order valence-corrected chi connectivity index (χ4v) is 1.23. The molecule has 0 aromatic carbocycles. The highest BCUT2D eigenvalue weighted by atomic mass is 35.5.